The number of para-hydroxylation sites is 1. The smallest absolute Gasteiger partial charge is 0.263 e. The van der Waals surface area contributed by atoms with Gasteiger partial charge in [-0.25, -0.2) is 14.8 Å². The zero-order valence-electron chi connectivity index (χ0n) is 18.1. The highest BCUT2D eigenvalue weighted by molar-refractivity contribution is 5.96. The van der Waals surface area contributed by atoms with Gasteiger partial charge in [-0.15, -0.1) is 0 Å². The van der Waals surface area contributed by atoms with Crippen LogP contribution in [0.25, 0.3) is 32.4 Å². The number of fused-ring (bicyclic) bond motifs is 1. The average molecular weight is 449 g/mol. The van der Waals surface area contributed by atoms with Gasteiger partial charge < -0.3 is 15.6 Å². The summed E-state index contributed by atoms with van der Waals surface area (Å²) in [7, 11) is 0. The van der Waals surface area contributed by atoms with Gasteiger partial charge in [-0.2, -0.15) is 0 Å². The van der Waals surface area contributed by atoms with Gasteiger partial charge in [0.1, 0.15) is 12.1 Å². The molecule has 9 heteroatoms. The first-order valence-corrected chi connectivity index (χ1v) is 10.5. The SMILES string of the molecule is [C-]#[N+]c1cnc(N)nc1N[C@@H](C)c1cc2cccc(-c3cnoc3)c2c(=O)n1-c1ccccc1. The molecule has 0 saturated carbocycles. The molecule has 0 radical (unpaired) electrons. The van der Waals surface area contributed by atoms with Gasteiger partial charge in [-0.05, 0) is 36.1 Å². The Morgan fingerprint density at radius 2 is 1.97 bits per heavy atom. The van der Waals surface area contributed by atoms with E-state index in [2.05, 4.69) is 25.3 Å². The molecular weight excluding hydrogens is 430 g/mol. The molecule has 0 fully saturated rings. The van der Waals surface area contributed by atoms with Crippen LogP contribution in [0.5, 0.6) is 0 Å². The molecule has 0 aliphatic heterocycles. The van der Waals surface area contributed by atoms with Crippen LogP contribution >= 0.6 is 0 Å². The molecule has 34 heavy (non-hydrogen) atoms. The van der Waals surface area contributed by atoms with Crippen molar-refractivity contribution in [2.24, 2.45) is 0 Å². The molecule has 0 aliphatic rings. The fraction of sp³-hybridized carbons (Fsp3) is 0.0800. The third kappa shape index (κ3) is 3.63. The second kappa shape index (κ2) is 8.52. The van der Waals surface area contributed by atoms with Crippen LogP contribution in [-0.4, -0.2) is 19.7 Å². The zero-order valence-corrected chi connectivity index (χ0v) is 18.1. The molecule has 3 heterocycles. The third-order valence-electron chi connectivity index (χ3n) is 5.54. The lowest BCUT2D eigenvalue weighted by molar-refractivity contribution is 0.420. The summed E-state index contributed by atoms with van der Waals surface area (Å²) in [5.41, 5.74) is 8.67. The number of hydrogen-bond acceptors (Lipinski definition) is 7. The Morgan fingerprint density at radius 3 is 2.71 bits per heavy atom. The molecule has 0 spiro atoms. The third-order valence-corrected chi connectivity index (χ3v) is 5.54. The Balaban J connectivity index is 1.74. The van der Waals surface area contributed by atoms with Gasteiger partial charge in [-0.1, -0.05) is 41.6 Å². The number of nitrogen functional groups attached to an aromatic ring is 1. The molecule has 3 N–H and O–H groups in total. The van der Waals surface area contributed by atoms with Crippen molar-refractivity contribution in [3.8, 4) is 16.8 Å². The van der Waals surface area contributed by atoms with Crippen LogP contribution in [0.3, 0.4) is 0 Å². The van der Waals surface area contributed by atoms with E-state index in [-0.39, 0.29) is 17.2 Å². The van der Waals surface area contributed by atoms with Crippen LogP contribution in [0.4, 0.5) is 17.5 Å². The van der Waals surface area contributed by atoms with E-state index >= 15 is 0 Å². The van der Waals surface area contributed by atoms with E-state index in [0.29, 0.717) is 22.6 Å². The largest absolute Gasteiger partial charge is 0.371 e. The van der Waals surface area contributed by atoms with Crippen LogP contribution in [0.15, 0.2) is 82.6 Å². The number of anilines is 2. The summed E-state index contributed by atoms with van der Waals surface area (Å²) in [5.74, 6) is 0.361. The normalized spacial score (nSPS) is 11.8. The lowest BCUT2D eigenvalue weighted by atomic mass is 10.00. The van der Waals surface area contributed by atoms with E-state index in [0.717, 1.165) is 16.5 Å². The van der Waals surface area contributed by atoms with Crippen LogP contribution in [0.1, 0.15) is 18.7 Å². The van der Waals surface area contributed by atoms with Crippen LogP contribution < -0.4 is 16.6 Å². The Morgan fingerprint density at radius 1 is 1.15 bits per heavy atom. The van der Waals surface area contributed by atoms with Crippen LogP contribution in [0.2, 0.25) is 0 Å². The van der Waals surface area contributed by atoms with Crippen molar-refractivity contribution in [2.75, 3.05) is 11.1 Å². The monoisotopic (exact) mass is 449 g/mol. The van der Waals surface area contributed by atoms with Crippen molar-refractivity contribution in [1.82, 2.24) is 19.7 Å². The summed E-state index contributed by atoms with van der Waals surface area (Å²) in [6.07, 6.45) is 4.48. The van der Waals surface area contributed by atoms with Crippen molar-refractivity contribution in [3.05, 3.63) is 101 Å². The number of nitrogens with one attached hydrogen (secondary N) is 1. The standard InChI is InChI=1S/C25H19N7O2/c1-15(30-23-20(27-2)13-28-25(26)31-23)21-11-16-7-6-10-19(17-12-29-34-14-17)22(16)24(33)32(21)18-8-4-3-5-9-18/h3-15H,1H3,(H3,26,28,30,31)/t15-/m0/s1. The number of nitrogens with two attached hydrogens (primary N) is 1. The van der Waals surface area contributed by atoms with E-state index in [1.165, 1.54) is 12.5 Å². The van der Waals surface area contributed by atoms with Crippen LogP contribution in [-0.2, 0) is 0 Å². The molecule has 166 valence electrons. The molecule has 0 bridgehead atoms. The topological polar surface area (TPSA) is 116 Å². The zero-order chi connectivity index (χ0) is 23.7. The Hall–Kier alpha value is -4.97. The molecule has 0 unspecified atom stereocenters. The predicted molar refractivity (Wildman–Crippen MR) is 130 cm³/mol. The second-order valence-corrected chi connectivity index (χ2v) is 7.67. The van der Waals surface area contributed by atoms with E-state index < -0.39 is 6.04 Å². The molecule has 0 saturated heterocycles. The molecule has 3 aromatic heterocycles. The number of aromatic nitrogens is 4. The number of pyridine rings is 1. The summed E-state index contributed by atoms with van der Waals surface area (Å²) in [5, 5.41) is 8.35. The van der Waals surface area contributed by atoms with Gasteiger partial charge in [-0.3, -0.25) is 9.36 Å². The van der Waals surface area contributed by atoms with Crippen molar-refractivity contribution >= 4 is 28.2 Å². The molecule has 1 atom stereocenters. The van der Waals surface area contributed by atoms with Gasteiger partial charge in [0.15, 0.2) is 0 Å². The van der Waals surface area contributed by atoms with Crippen molar-refractivity contribution in [2.45, 2.75) is 13.0 Å². The number of hydrogen-bond donors (Lipinski definition) is 2. The maximum Gasteiger partial charge on any atom is 0.263 e. The summed E-state index contributed by atoms with van der Waals surface area (Å²) < 4.78 is 6.68. The highest BCUT2D eigenvalue weighted by Gasteiger charge is 2.20. The van der Waals surface area contributed by atoms with Crippen molar-refractivity contribution < 1.29 is 4.52 Å². The lowest BCUT2D eigenvalue weighted by Gasteiger charge is -2.22. The van der Waals surface area contributed by atoms with Crippen molar-refractivity contribution in [3.63, 3.8) is 0 Å². The fourth-order valence-electron chi connectivity index (χ4n) is 3.98. The maximum atomic E-state index is 14.0. The first kappa shape index (κ1) is 20.9. The molecule has 5 aromatic rings. The molecule has 9 nitrogen and oxygen atoms in total. The number of benzene rings is 2. The lowest BCUT2D eigenvalue weighted by Crippen LogP contribution is -2.26. The van der Waals surface area contributed by atoms with Gasteiger partial charge >= 0.3 is 0 Å². The van der Waals surface area contributed by atoms with Gasteiger partial charge in [0.05, 0.1) is 24.2 Å². The Bertz CT molecular complexity index is 1590. The molecule has 5 rings (SSSR count). The van der Waals surface area contributed by atoms with Crippen molar-refractivity contribution in [1.29, 1.82) is 0 Å². The second-order valence-electron chi connectivity index (χ2n) is 7.67. The van der Waals surface area contributed by atoms with E-state index in [1.807, 2.05) is 61.5 Å². The molecule has 0 aliphatic carbocycles. The minimum atomic E-state index is -0.397. The van der Waals surface area contributed by atoms with Gasteiger partial charge in [0.25, 0.3) is 5.56 Å². The van der Waals surface area contributed by atoms with Crippen LogP contribution in [0, 0.1) is 6.57 Å². The quantitative estimate of drug-likeness (QED) is 0.372. The van der Waals surface area contributed by atoms with E-state index in [4.69, 9.17) is 16.8 Å². The molecule has 0 amide bonds. The minimum absolute atomic E-state index is 0.0550. The van der Waals surface area contributed by atoms with Gasteiger partial charge in [0.2, 0.25) is 11.6 Å². The maximum absolute atomic E-state index is 14.0. The highest BCUT2D eigenvalue weighted by Crippen LogP contribution is 2.31. The summed E-state index contributed by atoms with van der Waals surface area (Å²) in [6, 6.07) is 16.6. The number of rotatable bonds is 5. The highest BCUT2D eigenvalue weighted by atomic mass is 16.5. The summed E-state index contributed by atoms with van der Waals surface area (Å²) in [4.78, 5) is 25.5. The molecular formula is C25H19N7O2. The van der Waals surface area contributed by atoms with E-state index in [9.17, 15) is 4.79 Å². The fourth-order valence-corrected chi connectivity index (χ4v) is 3.98. The summed E-state index contributed by atoms with van der Waals surface area (Å²) >= 11 is 0. The number of nitrogens with zero attached hydrogens (tertiary/aromatic N) is 5. The van der Waals surface area contributed by atoms with Gasteiger partial charge in [0, 0.05) is 23.1 Å². The minimum Gasteiger partial charge on any atom is -0.371 e. The molecule has 2 aromatic carbocycles. The Kier molecular flexibility index (Phi) is 5.24. The summed E-state index contributed by atoms with van der Waals surface area (Å²) in [6.45, 7) is 9.31. The average Bonchev–Trinajstić information content (AvgIpc) is 3.39. The van der Waals surface area contributed by atoms with E-state index in [1.54, 1.807) is 10.8 Å². The first-order valence-electron chi connectivity index (χ1n) is 10.5. The Labute approximate surface area is 194 Å². The first-order chi connectivity index (χ1) is 16.6. The predicted octanol–water partition coefficient (Wildman–Crippen LogP) is 4.74.